The number of rotatable bonds is 8. The van der Waals surface area contributed by atoms with Crippen LogP contribution in [0, 0.1) is 0 Å². The van der Waals surface area contributed by atoms with Crippen LogP contribution in [-0.2, 0) is 16.6 Å². The van der Waals surface area contributed by atoms with Gasteiger partial charge >= 0.3 is 0 Å². The molecular weight excluding hydrogens is 396 g/mol. The van der Waals surface area contributed by atoms with E-state index >= 15 is 0 Å². The van der Waals surface area contributed by atoms with Gasteiger partial charge in [-0.1, -0.05) is 42.1 Å². The molecule has 0 aliphatic rings. The number of aromatic nitrogens is 3. The second-order valence-corrected chi connectivity index (χ2v) is 8.77. The Kier molecular flexibility index (Phi) is 6.15. The average Bonchev–Trinajstić information content (AvgIpc) is 3.09. The largest absolute Gasteiger partial charge is 0.302 e. The summed E-state index contributed by atoms with van der Waals surface area (Å²) in [6.45, 7) is 2.70. The van der Waals surface area contributed by atoms with Crippen molar-refractivity contribution in [3.63, 3.8) is 0 Å². The number of hydrogen-bond donors (Lipinski definition) is 1. The van der Waals surface area contributed by atoms with E-state index in [-0.39, 0.29) is 11.5 Å². The summed E-state index contributed by atoms with van der Waals surface area (Å²) in [6, 6.07) is 16.1. The van der Waals surface area contributed by atoms with E-state index in [4.69, 9.17) is 0 Å². The number of carbonyl (C=O) groups excluding carboxylic acids is 1. The van der Waals surface area contributed by atoms with Crippen LogP contribution in [0.25, 0.3) is 11.4 Å². The van der Waals surface area contributed by atoms with Crippen molar-refractivity contribution < 1.29 is 13.2 Å². The Bertz CT molecular complexity index is 1060. The van der Waals surface area contributed by atoms with E-state index in [0.717, 1.165) is 17.6 Å². The number of nitrogens with one attached hydrogen (secondary N) is 1. The molecule has 0 aliphatic carbocycles. The van der Waals surface area contributed by atoms with Crippen molar-refractivity contribution in [2.45, 2.75) is 18.6 Å². The molecule has 0 saturated heterocycles. The lowest BCUT2D eigenvalue weighted by Crippen LogP contribution is -2.10. The molecule has 0 unspecified atom stereocenters. The van der Waals surface area contributed by atoms with Crippen LogP contribution in [0.3, 0.4) is 0 Å². The van der Waals surface area contributed by atoms with Gasteiger partial charge in [0.15, 0.2) is 16.8 Å². The lowest BCUT2D eigenvalue weighted by Gasteiger charge is -2.07. The van der Waals surface area contributed by atoms with Crippen LogP contribution in [-0.4, -0.2) is 41.0 Å². The summed E-state index contributed by atoms with van der Waals surface area (Å²) in [5, 5.41) is 9.18. The average molecular weight is 417 g/mol. The monoisotopic (exact) mass is 416 g/mol. The summed E-state index contributed by atoms with van der Waals surface area (Å²) in [4.78, 5) is 12.5. The second-order valence-electron chi connectivity index (χ2n) is 6.08. The van der Waals surface area contributed by atoms with E-state index in [1.807, 2.05) is 41.8 Å². The maximum Gasteiger partial charge on any atom is 0.229 e. The molecule has 1 aromatic heterocycles. The van der Waals surface area contributed by atoms with Gasteiger partial charge < -0.3 is 4.57 Å². The van der Waals surface area contributed by atoms with Gasteiger partial charge in [0.05, 0.1) is 12.0 Å². The van der Waals surface area contributed by atoms with Gasteiger partial charge in [-0.05, 0) is 31.2 Å². The first-order chi connectivity index (χ1) is 13.4. The topological polar surface area (TPSA) is 94.0 Å². The Morgan fingerprint density at radius 3 is 2.36 bits per heavy atom. The molecule has 0 radical (unpaired) electrons. The number of nitrogens with zero attached hydrogens (tertiary/aromatic N) is 3. The van der Waals surface area contributed by atoms with Crippen molar-refractivity contribution >= 4 is 33.3 Å². The van der Waals surface area contributed by atoms with Gasteiger partial charge in [0.2, 0.25) is 10.0 Å². The number of anilines is 1. The summed E-state index contributed by atoms with van der Waals surface area (Å²) in [5.41, 5.74) is 1.91. The Labute approximate surface area is 168 Å². The summed E-state index contributed by atoms with van der Waals surface area (Å²) >= 11 is 1.33. The lowest BCUT2D eigenvalue weighted by molar-refractivity contribution is 0.102. The molecule has 146 valence electrons. The summed E-state index contributed by atoms with van der Waals surface area (Å²) in [6.07, 6.45) is 1.08. The van der Waals surface area contributed by atoms with Crippen molar-refractivity contribution in [3.8, 4) is 11.4 Å². The molecule has 3 rings (SSSR count). The Balaban J connectivity index is 1.69. The van der Waals surface area contributed by atoms with Crippen LogP contribution in [0.4, 0.5) is 5.69 Å². The maximum absolute atomic E-state index is 12.5. The highest BCUT2D eigenvalue weighted by atomic mass is 32.2. The van der Waals surface area contributed by atoms with Gasteiger partial charge in [-0.25, -0.2) is 8.42 Å². The molecule has 1 N–H and O–H groups in total. The maximum atomic E-state index is 12.5. The first kappa shape index (κ1) is 20.1. The molecule has 3 aromatic rings. The molecule has 28 heavy (non-hydrogen) atoms. The fraction of sp³-hybridized carbons (Fsp3) is 0.211. The first-order valence-electron chi connectivity index (χ1n) is 8.60. The predicted octanol–water partition coefficient (Wildman–Crippen LogP) is 3.31. The van der Waals surface area contributed by atoms with Gasteiger partial charge in [0.1, 0.15) is 0 Å². The number of benzene rings is 2. The Hall–Kier alpha value is -2.65. The third kappa shape index (κ3) is 4.99. The minimum absolute atomic E-state index is 0.0668. The third-order valence-electron chi connectivity index (χ3n) is 3.91. The molecule has 0 spiro atoms. The van der Waals surface area contributed by atoms with Crippen LogP contribution in [0.1, 0.15) is 17.3 Å². The van der Waals surface area contributed by atoms with Crippen molar-refractivity contribution in [2.24, 2.45) is 0 Å². The first-order valence-corrected chi connectivity index (χ1v) is 11.5. The fourth-order valence-electron chi connectivity index (χ4n) is 2.63. The summed E-state index contributed by atoms with van der Waals surface area (Å²) in [5.74, 6) is 0.920. The SMILES string of the molecule is CCn1c(SCC(=O)c2ccc(NS(C)(=O)=O)cc2)nnc1-c1ccccc1. The van der Waals surface area contributed by atoms with Gasteiger partial charge in [-0.2, -0.15) is 0 Å². The minimum Gasteiger partial charge on any atom is -0.302 e. The van der Waals surface area contributed by atoms with Crippen LogP contribution in [0.5, 0.6) is 0 Å². The molecule has 2 aromatic carbocycles. The highest BCUT2D eigenvalue weighted by Gasteiger charge is 2.15. The molecule has 0 aliphatic heterocycles. The molecule has 0 atom stereocenters. The Morgan fingerprint density at radius 2 is 1.75 bits per heavy atom. The summed E-state index contributed by atoms with van der Waals surface area (Å²) in [7, 11) is -3.34. The molecule has 9 heteroatoms. The third-order valence-corrected chi connectivity index (χ3v) is 5.48. The van der Waals surface area contributed by atoms with Gasteiger partial charge in [-0.3, -0.25) is 9.52 Å². The number of sulfonamides is 1. The fourth-order valence-corrected chi connectivity index (χ4v) is 4.09. The van der Waals surface area contributed by atoms with Crippen LogP contribution in [0.2, 0.25) is 0 Å². The Morgan fingerprint density at radius 1 is 1.07 bits per heavy atom. The number of Topliss-reactive ketones (excluding diaryl/α,β-unsaturated/α-hetero) is 1. The van der Waals surface area contributed by atoms with Crippen molar-refractivity contribution in [2.75, 3.05) is 16.7 Å². The number of hydrogen-bond acceptors (Lipinski definition) is 6. The number of thioether (sulfide) groups is 1. The molecule has 1 heterocycles. The van der Waals surface area contributed by atoms with Gasteiger partial charge in [0, 0.05) is 23.4 Å². The molecule has 0 amide bonds. The molecule has 0 bridgehead atoms. The second kappa shape index (κ2) is 8.57. The van der Waals surface area contributed by atoms with E-state index in [1.165, 1.54) is 11.8 Å². The number of ketones is 1. The van der Waals surface area contributed by atoms with Crippen molar-refractivity contribution in [3.05, 3.63) is 60.2 Å². The normalized spacial score (nSPS) is 11.4. The van der Waals surface area contributed by atoms with E-state index < -0.39 is 10.0 Å². The number of carbonyl (C=O) groups is 1. The van der Waals surface area contributed by atoms with Crippen LogP contribution in [0.15, 0.2) is 59.8 Å². The van der Waals surface area contributed by atoms with Crippen molar-refractivity contribution in [1.29, 1.82) is 0 Å². The van der Waals surface area contributed by atoms with Crippen molar-refractivity contribution in [1.82, 2.24) is 14.8 Å². The van der Waals surface area contributed by atoms with E-state index in [0.29, 0.717) is 23.0 Å². The standard InChI is InChI=1S/C19H20N4O3S2/c1-3-23-18(15-7-5-4-6-8-15)20-21-19(23)27-13-17(24)14-9-11-16(12-10-14)22-28(2,25)26/h4-12,22H,3,13H2,1-2H3. The predicted molar refractivity (Wildman–Crippen MR) is 111 cm³/mol. The lowest BCUT2D eigenvalue weighted by atomic mass is 10.1. The van der Waals surface area contributed by atoms with Crippen LogP contribution < -0.4 is 4.72 Å². The molecular formula is C19H20N4O3S2. The molecule has 0 saturated carbocycles. The quantitative estimate of drug-likeness (QED) is 0.447. The highest BCUT2D eigenvalue weighted by molar-refractivity contribution is 7.99. The zero-order valence-electron chi connectivity index (χ0n) is 15.5. The van der Waals surface area contributed by atoms with Gasteiger partial charge in [-0.15, -0.1) is 10.2 Å². The zero-order valence-corrected chi connectivity index (χ0v) is 17.1. The minimum atomic E-state index is -3.34. The highest BCUT2D eigenvalue weighted by Crippen LogP contribution is 2.24. The van der Waals surface area contributed by atoms with E-state index in [9.17, 15) is 13.2 Å². The zero-order chi connectivity index (χ0) is 20.1. The molecule has 7 nitrogen and oxygen atoms in total. The van der Waals surface area contributed by atoms with E-state index in [1.54, 1.807) is 24.3 Å². The molecule has 0 fully saturated rings. The van der Waals surface area contributed by atoms with E-state index in [2.05, 4.69) is 14.9 Å². The smallest absolute Gasteiger partial charge is 0.229 e. The van der Waals surface area contributed by atoms with Gasteiger partial charge in [0.25, 0.3) is 0 Å². The van der Waals surface area contributed by atoms with Crippen LogP contribution >= 0.6 is 11.8 Å². The summed E-state index contributed by atoms with van der Waals surface area (Å²) < 4.78 is 26.8.